The van der Waals surface area contributed by atoms with E-state index in [9.17, 15) is 23.5 Å². The quantitative estimate of drug-likeness (QED) is 0.213. The van der Waals surface area contributed by atoms with Crippen molar-refractivity contribution < 1.29 is 33.0 Å². The minimum absolute atomic E-state index is 0.124. The summed E-state index contributed by atoms with van der Waals surface area (Å²) in [4.78, 5) is 25.8. The van der Waals surface area contributed by atoms with Crippen LogP contribution in [0.4, 0.5) is 19.3 Å². The van der Waals surface area contributed by atoms with Crippen molar-refractivity contribution in [2.24, 2.45) is 0 Å². The zero-order valence-electron chi connectivity index (χ0n) is 21.8. The molecule has 7 nitrogen and oxygen atoms in total. The number of urea groups is 1. The van der Waals surface area contributed by atoms with Crippen molar-refractivity contribution >= 4 is 40.9 Å². The van der Waals surface area contributed by atoms with Crippen LogP contribution in [-0.2, 0) is 22.4 Å². The van der Waals surface area contributed by atoms with E-state index in [0.29, 0.717) is 41.8 Å². The van der Waals surface area contributed by atoms with Gasteiger partial charge in [0.05, 0.1) is 6.54 Å². The molecule has 0 fully saturated rings. The van der Waals surface area contributed by atoms with E-state index in [0.717, 1.165) is 23.3 Å². The fourth-order valence-corrected chi connectivity index (χ4v) is 4.52. The topological polar surface area (TPSA) is 88.1 Å². The van der Waals surface area contributed by atoms with Crippen LogP contribution in [0.2, 0.25) is 10.0 Å². The van der Waals surface area contributed by atoms with Crippen LogP contribution in [0.15, 0.2) is 60.7 Å². The molecule has 0 heterocycles. The lowest BCUT2D eigenvalue weighted by molar-refractivity contribution is -0.149. The molecule has 0 bridgehead atoms. The molecule has 0 saturated heterocycles. The summed E-state index contributed by atoms with van der Waals surface area (Å²) in [6.07, 6.45) is 0.484. The first-order valence-corrected chi connectivity index (χ1v) is 13.4. The molecule has 3 aromatic rings. The third-order valence-corrected chi connectivity index (χ3v) is 6.33. The maximum Gasteiger partial charge on any atom is 0.333 e. The van der Waals surface area contributed by atoms with Gasteiger partial charge in [-0.05, 0) is 73.4 Å². The highest BCUT2D eigenvalue weighted by atomic mass is 35.5. The lowest BCUT2D eigenvalue weighted by Crippen LogP contribution is -2.38. The van der Waals surface area contributed by atoms with Crippen molar-refractivity contribution in [3.63, 3.8) is 0 Å². The fraction of sp³-hybridized carbons (Fsp3) is 0.310. The summed E-state index contributed by atoms with van der Waals surface area (Å²) in [5, 5.41) is 12.9. The van der Waals surface area contributed by atoms with Gasteiger partial charge in [0.25, 0.3) is 0 Å². The molecule has 2 amide bonds. The number of hydrogen-bond donors (Lipinski definition) is 2. The van der Waals surface area contributed by atoms with Crippen LogP contribution in [0, 0.1) is 11.6 Å². The first-order chi connectivity index (χ1) is 19.1. The largest absolute Gasteiger partial charge is 0.492 e. The Morgan fingerprint density at radius 1 is 0.950 bits per heavy atom. The van der Waals surface area contributed by atoms with Crippen LogP contribution in [-0.4, -0.2) is 54.4 Å². The van der Waals surface area contributed by atoms with Gasteiger partial charge < -0.3 is 24.8 Å². The summed E-state index contributed by atoms with van der Waals surface area (Å²) < 4.78 is 38.0. The number of amides is 2. The minimum Gasteiger partial charge on any atom is -0.492 e. The molecular weight excluding hydrogens is 565 g/mol. The molecule has 2 N–H and O–H groups in total. The summed E-state index contributed by atoms with van der Waals surface area (Å²) in [6, 6.07) is 14.8. The molecule has 40 heavy (non-hydrogen) atoms. The number of benzene rings is 3. The van der Waals surface area contributed by atoms with Crippen LogP contribution in [0.1, 0.15) is 24.5 Å². The van der Waals surface area contributed by atoms with Crippen molar-refractivity contribution in [2.75, 3.05) is 31.6 Å². The average molecular weight is 595 g/mol. The lowest BCUT2D eigenvalue weighted by Gasteiger charge is -2.23. The summed E-state index contributed by atoms with van der Waals surface area (Å²) in [7, 11) is 0. The number of carbonyl (C=O) groups is 2. The highest BCUT2D eigenvalue weighted by Gasteiger charge is 2.18. The standard InChI is InChI=1S/C29H30Cl2F2N2O5/c1-2-39-27(28(36)37)16-19-5-8-24(9-6-19)40-13-12-35(11-3-4-20-14-21(30)17-22(31)15-20)29(38)34-23-7-10-25(32)26(33)18-23/h5-10,14-15,17-18,27H,2-4,11-13,16H2,1H3,(H,34,38)(H,36,37). The second kappa shape index (κ2) is 15.4. The van der Waals surface area contributed by atoms with Crippen LogP contribution >= 0.6 is 23.2 Å². The number of anilines is 1. The Hall–Kier alpha value is -3.40. The van der Waals surface area contributed by atoms with E-state index in [-0.39, 0.29) is 25.3 Å². The molecule has 3 aromatic carbocycles. The van der Waals surface area contributed by atoms with Gasteiger partial charge >= 0.3 is 12.0 Å². The Bertz CT molecular complexity index is 1270. The van der Waals surface area contributed by atoms with Crippen molar-refractivity contribution in [1.82, 2.24) is 4.90 Å². The van der Waals surface area contributed by atoms with E-state index in [1.165, 1.54) is 11.0 Å². The van der Waals surface area contributed by atoms with Gasteiger partial charge in [-0.15, -0.1) is 0 Å². The van der Waals surface area contributed by atoms with Crippen LogP contribution < -0.4 is 10.1 Å². The van der Waals surface area contributed by atoms with Crippen molar-refractivity contribution in [3.8, 4) is 5.75 Å². The maximum atomic E-state index is 13.6. The van der Waals surface area contributed by atoms with Crippen LogP contribution in [0.5, 0.6) is 5.75 Å². The number of carboxylic acid groups (broad SMARTS) is 1. The number of ether oxygens (including phenoxy) is 2. The number of nitrogens with zero attached hydrogens (tertiary/aromatic N) is 1. The fourth-order valence-electron chi connectivity index (χ4n) is 3.95. The van der Waals surface area contributed by atoms with Crippen LogP contribution in [0.3, 0.4) is 0 Å². The van der Waals surface area contributed by atoms with Gasteiger partial charge in [-0.1, -0.05) is 35.3 Å². The molecule has 0 saturated carbocycles. The van der Waals surface area contributed by atoms with Gasteiger partial charge in [0.1, 0.15) is 12.4 Å². The Kier molecular flexibility index (Phi) is 12.0. The Balaban J connectivity index is 1.60. The van der Waals surface area contributed by atoms with Crippen LogP contribution in [0.25, 0.3) is 0 Å². The number of hydrogen-bond acceptors (Lipinski definition) is 4. The highest BCUT2D eigenvalue weighted by molar-refractivity contribution is 6.34. The van der Waals surface area contributed by atoms with E-state index in [4.69, 9.17) is 32.7 Å². The first kappa shape index (κ1) is 31.1. The van der Waals surface area contributed by atoms with E-state index in [2.05, 4.69) is 5.32 Å². The average Bonchev–Trinajstić information content (AvgIpc) is 2.90. The molecule has 0 aliphatic rings. The van der Waals surface area contributed by atoms with Gasteiger partial charge in [0, 0.05) is 41.4 Å². The van der Waals surface area contributed by atoms with Crippen molar-refractivity contribution in [2.45, 2.75) is 32.3 Å². The normalized spacial score (nSPS) is 11.6. The number of carbonyl (C=O) groups excluding carboxylic acids is 1. The molecule has 11 heteroatoms. The van der Waals surface area contributed by atoms with Gasteiger partial charge in [-0.3, -0.25) is 0 Å². The van der Waals surface area contributed by atoms with E-state index < -0.39 is 29.7 Å². The Morgan fingerprint density at radius 3 is 2.27 bits per heavy atom. The first-order valence-electron chi connectivity index (χ1n) is 12.7. The number of nitrogens with one attached hydrogen (secondary N) is 1. The molecule has 0 radical (unpaired) electrons. The second-order valence-corrected chi connectivity index (χ2v) is 9.78. The number of carboxylic acids is 1. The monoisotopic (exact) mass is 594 g/mol. The van der Waals surface area contributed by atoms with Crippen molar-refractivity contribution in [3.05, 3.63) is 93.5 Å². The summed E-state index contributed by atoms with van der Waals surface area (Å²) in [5.74, 6) is -2.56. The highest BCUT2D eigenvalue weighted by Crippen LogP contribution is 2.21. The Labute approximate surface area is 241 Å². The summed E-state index contributed by atoms with van der Waals surface area (Å²) in [6.45, 7) is 2.74. The molecular formula is C29H30Cl2F2N2O5. The van der Waals surface area contributed by atoms with Gasteiger partial charge in [-0.2, -0.15) is 0 Å². The van der Waals surface area contributed by atoms with E-state index in [1.54, 1.807) is 49.4 Å². The summed E-state index contributed by atoms with van der Waals surface area (Å²) in [5.41, 5.74) is 1.82. The third-order valence-electron chi connectivity index (χ3n) is 5.89. The third kappa shape index (κ3) is 9.97. The predicted octanol–water partition coefficient (Wildman–Crippen LogP) is 6.85. The molecule has 1 unspecified atom stereocenters. The molecule has 0 aliphatic heterocycles. The van der Waals surface area contributed by atoms with Gasteiger partial charge in [0.15, 0.2) is 17.7 Å². The predicted molar refractivity (Wildman–Crippen MR) is 150 cm³/mol. The molecule has 1 atom stereocenters. The number of aryl methyl sites for hydroxylation is 1. The minimum atomic E-state index is -1.06. The molecule has 0 spiro atoms. The van der Waals surface area contributed by atoms with E-state index in [1.807, 2.05) is 0 Å². The summed E-state index contributed by atoms with van der Waals surface area (Å²) >= 11 is 12.2. The molecule has 0 aliphatic carbocycles. The SMILES string of the molecule is CCOC(Cc1ccc(OCCN(CCCc2cc(Cl)cc(Cl)c2)C(=O)Nc2ccc(F)c(F)c2)cc1)C(=O)O. The molecule has 214 valence electrons. The number of halogens is 4. The van der Waals surface area contributed by atoms with Gasteiger partial charge in [-0.25, -0.2) is 18.4 Å². The van der Waals surface area contributed by atoms with E-state index >= 15 is 0 Å². The lowest BCUT2D eigenvalue weighted by atomic mass is 10.1. The smallest absolute Gasteiger partial charge is 0.333 e. The zero-order valence-corrected chi connectivity index (χ0v) is 23.4. The Morgan fingerprint density at radius 2 is 1.65 bits per heavy atom. The molecule has 3 rings (SSSR count). The zero-order chi connectivity index (χ0) is 29.1. The maximum absolute atomic E-state index is 13.6. The molecule has 0 aromatic heterocycles. The second-order valence-electron chi connectivity index (χ2n) is 8.91. The number of rotatable bonds is 14. The van der Waals surface area contributed by atoms with Crippen molar-refractivity contribution in [1.29, 1.82) is 0 Å². The van der Waals surface area contributed by atoms with Gasteiger partial charge in [0.2, 0.25) is 0 Å². The number of aliphatic carboxylic acids is 1.